The lowest BCUT2D eigenvalue weighted by molar-refractivity contribution is -0.173. The van der Waals surface area contributed by atoms with Crippen molar-refractivity contribution in [3.63, 3.8) is 0 Å². The third kappa shape index (κ3) is 2.29. The Labute approximate surface area is 115 Å². The van der Waals surface area contributed by atoms with Gasteiger partial charge in [-0.1, -0.05) is 13.8 Å². The van der Waals surface area contributed by atoms with E-state index in [1.807, 2.05) is 0 Å². The lowest BCUT2D eigenvalue weighted by atomic mass is 9.80. The van der Waals surface area contributed by atoms with Gasteiger partial charge in [0.25, 0.3) is 0 Å². The molecule has 1 aliphatic carbocycles. The zero-order valence-corrected chi connectivity index (χ0v) is 12.0. The number of hydrogen-bond donors (Lipinski definition) is 1. The molecule has 0 aromatic rings. The number of morpholine rings is 1. The van der Waals surface area contributed by atoms with Gasteiger partial charge in [-0.15, -0.1) is 0 Å². The summed E-state index contributed by atoms with van der Waals surface area (Å²) in [7, 11) is 0. The third-order valence-electron chi connectivity index (χ3n) is 5.24. The number of hydrogen-bond acceptors (Lipinski definition) is 3. The predicted octanol–water partition coefficient (Wildman–Crippen LogP) is 1.53. The molecule has 2 N–H and O–H groups in total. The lowest BCUT2D eigenvalue weighted by Crippen LogP contribution is -2.64. The second-order valence-corrected chi connectivity index (χ2v) is 6.85. The standard InChI is InChI=1S/C15H26N2O2/c1-9(2)12-8-19-13-5-4-11(16)7-10-3-6-14(18)17(12)15(10)13/h9-13,15H,3-8,16H2,1-2H3/t10-,11+,12-,13?,15?/m1/s1. The minimum absolute atomic E-state index is 0.220. The summed E-state index contributed by atoms with van der Waals surface area (Å²) < 4.78 is 6.12. The first kappa shape index (κ1) is 13.4. The number of carbonyl (C=O) groups is 1. The summed E-state index contributed by atoms with van der Waals surface area (Å²) in [5.74, 6) is 1.34. The highest BCUT2D eigenvalue weighted by molar-refractivity contribution is 5.78. The Bertz CT molecular complexity index is 358. The van der Waals surface area contributed by atoms with Gasteiger partial charge in [0.15, 0.2) is 0 Å². The van der Waals surface area contributed by atoms with E-state index in [1.54, 1.807) is 0 Å². The molecule has 0 aromatic carbocycles. The summed E-state index contributed by atoms with van der Waals surface area (Å²) in [4.78, 5) is 14.6. The summed E-state index contributed by atoms with van der Waals surface area (Å²) in [6.45, 7) is 5.08. The zero-order valence-electron chi connectivity index (χ0n) is 12.0. The fourth-order valence-electron chi connectivity index (χ4n) is 4.20. The Morgan fingerprint density at radius 1 is 1.32 bits per heavy atom. The van der Waals surface area contributed by atoms with Crippen LogP contribution in [0.4, 0.5) is 0 Å². The Morgan fingerprint density at radius 3 is 2.84 bits per heavy atom. The van der Waals surface area contributed by atoms with Crippen LogP contribution >= 0.6 is 0 Å². The molecule has 0 spiro atoms. The van der Waals surface area contributed by atoms with Crippen molar-refractivity contribution >= 4 is 5.91 Å². The van der Waals surface area contributed by atoms with Crippen LogP contribution in [-0.4, -0.2) is 41.6 Å². The topological polar surface area (TPSA) is 55.6 Å². The molecular formula is C15H26N2O2. The summed E-state index contributed by atoms with van der Waals surface area (Å²) in [5, 5.41) is 0. The van der Waals surface area contributed by atoms with Crippen molar-refractivity contribution < 1.29 is 9.53 Å². The van der Waals surface area contributed by atoms with E-state index in [0.29, 0.717) is 30.8 Å². The molecule has 4 heteroatoms. The molecule has 19 heavy (non-hydrogen) atoms. The van der Waals surface area contributed by atoms with Gasteiger partial charge in [0.1, 0.15) is 0 Å². The second-order valence-electron chi connectivity index (χ2n) is 6.85. The van der Waals surface area contributed by atoms with E-state index < -0.39 is 0 Å². The molecule has 108 valence electrons. The second kappa shape index (κ2) is 5.06. The van der Waals surface area contributed by atoms with E-state index in [-0.39, 0.29) is 24.2 Å². The van der Waals surface area contributed by atoms with Crippen LogP contribution < -0.4 is 5.73 Å². The van der Waals surface area contributed by atoms with Crippen molar-refractivity contribution in [1.82, 2.24) is 4.90 Å². The van der Waals surface area contributed by atoms with Crippen LogP contribution in [0.15, 0.2) is 0 Å². The molecule has 3 aliphatic rings. The number of amides is 1. The molecule has 3 fully saturated rings. The molecule has 0 bridgehead atoms. The van der Waals surface area contributed by atoms with Gasteiger partial charge in [0.2, 0.25) is 5.91 Å². The van der Waals surface area contributed by atoms with Gasteiger partial charge in [0.05, 0.1) is 24.8 Å². The molecule has 1 amide bonds. The van der Waals surface area contributed by atoms with Crippen LogP contribution in [0.5, 0.6) is 0 Å². The maximum Gasteiger partial charge on any atom is 0.223 e. The number of nitrogens with two attached hydrogens (primary N) is 1. The fraction of sp³-hybridized carbons (Fsp3) is 0.933. The van der Waals surface area contributed by atoms with Gasteiger partial charge in [-0.3, -0.25) is 4.79 Å². The van der Waals surface area contributed by atoms with E-state index in [1.165, 1.54) is 0 Å². The number of piperidine rings is 1. The maximum atomic E-state index is 12.4. The first-order valence-corrected chi connectivity index (χ1v) is 7.76. The predicted molar refractivity (Wildman–Crippen MR) is 73.6 cm³/mol. The molecule has 0 aromatic heterocycles. The summed E-state index contributed by atoms with van der Waals surface area (Å²) in [5.41, 5.74) is 6.19. The molecule has 3 rings (SSSR count). The average Bonchev–Trinajstić information content (AvgIpc) is 2.54. The van der Waals surface area contributed by atoms with Crippen LogP contribution in [0.1, 0.15) is 46.0 Å². The van der Waals surface area contributed by atoms with Crippen molar-refractivity contribution in [3.8, 4) is 0 Å². The molecule has 1 saturated carbocycles. The van der Waals surface area contributed by atoms with E-state index in [9.17, 15) is 4.79 Å². The Balaban J connectivity index is 1.91. The number of ether oxygens (including phenoxy) is 1. The Hall–Kier alpha value is -0.610. The van der Waals surface area contributed by atoms with Crippen LogP contribution in [0.3, 0.4) is 0 Å². The quantitative estimate of drug-likeness (QED) is 0.783. The molecule has 5 atom stereocenters. The average molecular weight is 266 g/mol. The van der Waals surface area contributed by atoms with Gasteiger partial charge in [-0.2, -0.15) is 0 Å². The highest BCUT2D eigenvalue weighted by Crippen LogP contribution is 2.40. The smallest absolute Gasteiger partial charge is 0.223 e. The van der Waals surface area contributed by atoms with E-state index in [2.05, 4.69) is 18.7 Å². The Kier molecular flexibility index (Phi) is 3.56. The lowest BCUT2D eigenvalue weighted by Gasteiger charge is -2.52. The van der Waals surface area contributed by atoms with Gasteiger partial charge >= 0.3 is 0 Å². The summed E-state index contributed by atoms with van der Waals surface area (Å²) in [6.07, 6.45) is 5.02. The van der Waals surface area contributed by atoms with Crippen molar-refractivity contribution in [2.75, 3.05) is 6.61 Å². The molecule has 2 heterocycles. The first-order chi connectivity index (χ1) is 9.08. The van der Waals surface area contributed by atoms with Crippen LogP contribution in [-0.2, 0) is 9.53 Å². The highest BCUT2D eigenvalue weighted by Gasteiger charge is 2.49. The van der Waals surface area contributed by atoms with Gasteiger partial charge in [-0.05, 0) is 37.5 Å². The fourth-order valence-corrected chi connectivity index (χ4v) is 4.20. The van der Waals surface area contributed by atoms with E-state index >= 15 is 0 Å². The molecule has 4 nitrogen and oxygen atoms in total. The van der Waals surface area contributed by atoms with E-state index in [4.69, 9.17) is 10.5 Å². The number of rotatable bonds is 1. The minimum atomic E-state index is 0.220. The van der Waals surface area contributed by atoms with E-state index in [0.717, 1.165) is 25.7 Å². The van der Waals surface area contributed by atoms with Gasteiger partial charge in [0, 0.05) is 12.5 Å². The van der Waals surface area contributed by atoms with Gasteiger partial charge in [-0.25, -0.2) is 0 Å². The van der Waals surface area contributed by atoms with Crippen LogP contribution in [0.2, 0.25) is 0 Å². The minimum Gasteiger partial charge on any atom is -0.374 e. The Morgan fingerprint density at radius 2 is 2.11 bits per heavy atom. The maximum absolute atomic E-state index is 12.4. The molecule has 2 aliphatic heterocycles. The SMILES string of the molecule is CC(C)[C@H]1COC2CC[C@H](N)C[C@H]3CCC(=O)N1C23. The largest absolute Gasteiger partial charge is 0.374 e. The third-order valence-corrected chi connectivity index (χ3v) is 5.24. The monoisotopic (exact) mass is 266 g/mol. The molecule has 0 radical (unpaired) electrons. The zero-order chi connectivity index (χ0) is 13.6. The first-order valence-electron chi connectivity index (χ1n) is 7.76. The van der Waals surface area contributed by atoms with Crippen LogP contribution in [0.25, 0.3) is 0 Å². The van der Waals surface area contributed by atoms with Crippen LogP contribution in [0, 0.1) is 11.8 Å². The summed E-state index contributed by atoms with van der Waals surface area (Å²) >= 11 is 0. The number of nitrogens with zero attached hydrogens (tertiary/aromatic N) is 1. The molecule has 2 unspecified atom stereocenters. The van der Waals surface area contributed by atoms with Crippen molar-refractivity contribution in [3.05, 3.63) is 0 Å². The normalized spacial score (nSPS) is 43.1. The van der Waals surface area contributed by atoms with Crippen molar-refractivity contribution in [1.29, 1.82) is 0 Å². The van der Waals surface area contributed by atoms with Crippen molar-refractivity contribution in [2.24, 2.45) is 17.6 Å². The van der Waals surface area contributed by atoms with Gasteiger partial charge < -0.3 is 15.4 Å². The van der Waals surface area contributed by atoms with Crippen molar-refractivity contribution in [2.45, 2.75) is 70.2 Å². The molecular weight excluding hydrogens is 240 g/mol. The molecule has 2 saturated heterocycles. The highest BCUT2D eigenvalue weighted by atomic mass is 16.5. The summed E-state index contributed by atoms with van der Waals surface area (Å²) in [6, 6.07) is 0.827. The number of carbonyl (C=O) groups excluding carboxylic acids is 1.